The number of sulfonamides is 2. The van der Waals surface area contributed by atoms with E-state index in [2.05, 4.69) is 5.32 Å². The number of halogens is 5. The number of hydrogen-bond donors (Lipinski definition) is 2. The monoisotopic (exact) mass is 595 g/mol. The first-order valence-corrected chi connectivity index (χ1v) is 14.2. The highest BCUT2D eigenvalue weighted by atomic mass is 35.5. The molecular weight excluding hydrogens is 578 g/mol. The lowest BCUT2D eigenvalue weighted by Gasteiger charge is -2.22. The van der Waals surface area contributed by atoms with Gasteiger partial charge in [-0.3, -0.25) is 13.8 Å². The van der Waals surface area contributed by atoms with Gasteiger partial charge < -0.3 is 5.32 Å². The molecule has 37 heavy (non-hydrogen) atoms. The zero-order chi connectivity index (χ0) is 27.6. The van der Waals surface area contributed by atoms with E-state index in [0.29, 0.717) is 6.07 Å². The van der Waals surface area contributed by atoms with Gasteiger partial charge in [-0.15, -0.1) is 0 Å². The largest absolute Gasteiger partial charge is 0.417 e. The fourth-order valence-electron chi connectivity index (χ4n) is 3.10. The number of nitrogens with one attached hydrogen (secondary N) is 2. The summed E-state index contributed by atoms with van der Waals surface area (Å²) >= 11 is 11.5. The molecule has 198 valence electrons. The first-order chi connectivity index (χ1) is 17.1. The number of nitrogens with zero attached hydrogens (tertiary/aromatic N) is 1. The highest BCUT2D eigenvalue weighted by molar-refractivity contribution is 7.92. The third-order valence-corrected chi connectivity index (χ3v) is 7.86. The molecule has 2 N–H and O–H groups in total. The zero-order valence-electron chi connectivity index (χ0n) is 18.8. The quantitative estimate of drug-likeness (QED) is 0.371. The van der Waals surface area contributed by atoms with Crippen LogP contribution in [0.5, 0.6) is 0 Å². The lowest BCUT2D eigenvalue weighted by atomic mass is 10.2. The van der Waals surface area contributed by atoms with Gasteiger partial charge in [-0.2, -0.15) is 13.2 Å². The molecule has 1 amide bonds. The minimum absolute atomic E-state index is 0.148. The molecule has 8 nitrogen and oxygen atoms in total. The van der Waals surface area contributed by atoms with Gasteiger partial charge in [-0.25, -0.2) is 16.8 Å². The molecule has 3 aromatic carbocycles. The van der Waals surface area contributed by atoms with Gasteiger partial charge >= 0.3 is 6.18 Å². The molecule has 0 aliphatic carbocycles. The van der Waals surface area contributed by atoms with Gasteiger partial charge in [-0.05, 0) is 60.7 Å². The Morgan fingerprint density at radius 2 is 1.54 bits per heavy atom. The van der Waals surface area contributed by atoms with Crippen LogP contribution in [0.4, 0.5) is 30.2 Å². The molecule has 0 atom stereocenters. The standard InChI is InChI=1S/C22H18Cl2F3N3O5S2/c1-36(32,33)30(17-4-2-3-14(23)11-17)13-21(31)28-15-5-8-18(9-6-15)37(34,35)29-16-7-10-20(24)19(12-16)22(25,26)27/h2-12,29H,13H2,1H3,(H,28,31). The van der Waals surface area contributed by atoms with Crippen LogP contribution in [-0.4, -0.2) is 35.5 Å². The van der Waals surface area contributed by atoms with Gasteiger partial charge in [0.25, 0.3) is 10.0 Å². The summed E-state index contributed by atoms with van der Waals surface area (Å²) in [5.41, 5.74) is -1.23. The van der Waals surface area contributed by atoms with Crippen LogP contribution < -0.4 is 14.3 Å². The summed E-state index contributed by atoms with van der Waals surface area (Å²) in [6.07, 6.45) is -3.86. The van der Waals surface area contributed by atoms with Gasteiger partial charge in [0, 0.05) is 16.4 Å². The summed E-state index contributed by atoms with van der Waals surface area (Å²) in [7, 11) is -8.13. The van der Waals surface area contributed by atoms with E-state index in [1.165, 1.54) is 36.4 Å². The normalized spacial score (nSPS) is 12.2. The fraction of sp³-hybridized carbons (Fsp3) is 0.136. The first kappa shape index (κ1) is 28.6. The maximum atomic E-state index is 13.1. The minimum atomic E-state index is -4.78. The molecule has 0 fully saturated rings. The van der Waals surface area contributed by atoms with Crippen molar-refractivity contribution in [3.05, 3.63) is 82.3 Å². The Labute approximate surface area is 221 Å². The molecule has 0 radical (unpaired) electrons. The number of alkyl halides is 3. The topological polar surface area (TPSA) is 113 Å². The smallest absolute Gasteiger partial charge is 0.325 e. The van der Waals surface area contributed by atoms with Gasteiger partial charge in [0.15, 0.2) is 0 Å². The van der Waals surface area contributed by atoms with Crippen LogP contribution in [0.2, 0.25) is 10.0 Å². The molecule has 0 saturated heterocycles. The third-order valence-electron chi connectivity index (χ3n) is 4.76. The predicted octanol–water partition coefficient (Wildman–Crippen LogP) is 5.22. The summed E-state index contributed by atoms with van der Waals surface area (Å²) in [4.78, 5) is 12.2. The second kappa shape index (κ2) is 10.8. The summed E-state index contributed by atoms with van der Waals surface area (Å²) in [5, 5.41) is 2.14. The Bertz CT molecular complexity index is 1530. The molecule has 0 saturated carbocycles. The van der Waals surface area contributed by atoms with E-state index in [1.54, 1.807) is 0 Å². The Hall–Kier alpha value is -3.00. The van der Waals surface area contributed by atoms with E-state index in [0.717, 1.165) is 34.8 Å². The lowest BCUT2D eigenvalue weighted by Crippen LogP contribution is -2.37. The van der Waals surface area contributed by atoms with Gasteiger partial charge in [0.05, 0.1) is 27.4 Å². The van der Waals surface area contributed by atoms with Crippen molar-refractivity contribution in [2.75, 3.05) is 27.1 Å². The predicted molar refractivity (Wildman–Crippen MR) is 136 cm³/mol. The van der Waals surface area contributed by atoms with Crippen molar-refractivity contribution in [2.45, 2.75) is 11.1 Å². The highest BCUT2D eigenvalue weighted by Crippen LogP contribution is 2.36. The fourth-order valence-corrected chi connectivity index (χ4v) is 5.41. The second-order valence-corrected chi connectivity index (χ2v) is 12.1. The molecule has 0 aromatic heterocycles. The molecule has 0 bridgehead atoms. The second-order valence-electron chi connectivity index (χ2n) is 7.62. The molecule has 0 aliphatic heterocycles. The number of anilines is 3. The molecule has 3 aromatic rings. The summed E-state index contributed by atoms with van der Waals surface area (Å²) in [6.45, 7) is -0.584. The van der Waals surface area contributed by atoms with Crippen LogP contribution in [0.15, 0.2) is 71.6 Å². The van der Waals surface area contributed by atoms with Crippen LogP contribution in [0.1, 0.15) is 5.56 Å². The number of hydrogen-bond acceptors (Lipinski definition) is 5. The maximum Gasteiger partial charge on any atom is 0.417 e. The van der Waals surface area contributed by atoms with Crippen molar-refractivity contribution in [2.24, 2.45) is 0 Å². The Morgan fingerprint density at radius 3 is 2.11 bits per heavy atom. The van der Waals surface area contributed by atoms with Crippen molar-refractivity contribution in [3.8, 4) is 0 Å². The van der Waals surface area contributed by atoms with E-state index in [9.17, 15) is 34.8 Å². The minimum Gasteiger partial charge on any atom is -0.325 e. The van der Waals surface area contributed by atoms with E-state index < -0.39 is 49.3 Å². The summed E-state index contributed by atoms with van der Waals surface area (Å²) in [6, 6.07) is 13.2. The van der Waals surface area contributed by atoms with Gasteiger partial charge in [0.2, 0.25) is 15.9 Å². The number of amides is 1. The van der Waals surface area contributed by atoms with Crippen LogP contribution >= 0.6 is 23.2 Å². The molecular formula is C22H18Cl2F3N3O5S2. The first-order valence-electron chi connectivity index (χ1n) is 10.1. The maximum absolute atomic E-state index is 13.1. The van der Waals surface area contributed by atoms with Crippen molar-refractivity contribution in [3.63, 3.8) is 0 Å². The van der Waals surface area contributed by atoms with E-state index in [4.69, 9.17) is 23.2 Å². The van der Waals surface area contributed by atoms with Crippen molar-refractivity contribution < 1.29 is 34.8 Å². The SMILES string of the molecule is CS(=O)(=O)N(CC(=O)Nc1ccc(S(=O)(=O)Nc2ccc(Cl)c(C(F)(F)F)c2)cc1)c1cccc(Cl)c1. The summed E-state index contributed by atoms with van der Waals surface area (Å²) in [5.74, 6) is -0.722. The Morgan fingerprint density at radius 1 is 0.919 bits per heavy atom. The van der Waals surface area contributed by atoms with Gasteiger partial charge in [0.1, 0.15) is 6.54 Å². The van der Waals surface area contributed by atoms with Crippen molar-refractivity contribution in [1.82, 2.24) is 0 Å². The Balaban J connectivity index is 1.73. The number of rotatable bonds is 8. The molecule has 0 unspecified atom stereocenters. The molecule has 15 heteroatoms. The molecule has 3 rings (SSSR count). The average molecular weight is 596 g/mol. The van der Waals surface area contributed by atoms with E-state index in [-0.39, 0.29) is 27.0 Å². The molecule has 0 aliphatic rings. The van der Waals surface area contributed by atoms with Crippen molar-refractivity contribution >= 4 is 66.2 Å². The van der Waals surface area contributed by atoms with Gasteiger partial charge in [-0.1, -0.05) is 29.3 Å². The number of benzene rings is 3. The van der Waals surface area contributed by atoms with Crippen LogP contribution in [0, 0.1) is 0 Å². The van der Waals surface area contributed by atoms with Crippen LogP contribution in [0.3, 0.4) is 0 Å². The number of carbonyl (C=O) groups excluding carboxylic acids is 1. The van der Waals surface area contributed by atoms with E-state index in [1.807, 2.05) is 4.72 Å². The summed E-state index contributed by atoms with van der Waals surface area (Å²) < 4.78 is 91.7. The average Bonchev–Trinajstić information content (AvgIpc) is 2.77. The van der Waals surface area contributed by atoms with Crippen LogP contribution in [-0.2, 0) is 31.0 Å². The number of carbonyl (C=O) groups is 1. The van der Waals surface area contributed by atoms with Crippen LogP contribution in [0.25, 0.3) is 0 Å². The molecule has 0 heterocycles. The van der Waals surface area contributed by atoms with Crippen molar-refractivity contribution in [1.29, 1.82) is 0 Å². The van der Waals surface area contributed by atoms with E-state index >= 15 is 0 Å². The lowest BCUT2D eigenvalue weighted by molar-refractivity contribution is -0.137. The highest BCUT2D eigenvalue weighted by Gasteiger charge is 2.33. The third kappa shape index (κ3) is 7.51. The zero-order valence-corrected chi connectivity index (χ0v) is 21.9. The molecule has 0 spiro atoms. The Kier molecular flexibility index (Phi) is 8.32.